The molecule has 29 heavy (non-hydrogen) atoms. The van der Waals surface area contributed by atoms with Crippen LogP contribution >= 0.6 is 27.5 Å². The number of hydrogen-bond donors (Lipinski definition) is 0. The van der Waals surface area contributed by atoms with Gasteiger partial charge in [0.2, 0.25) is 0 Å². The van der Waals surface area contributed by atoms with Gasteiger partial charge in [-0.05, 0) is 48.2 Å². The molecule has 0 bridgehead atoms. The molecule has 0 saturated heterocycles. The van der Waals surface area contributed by atoms with Gasteiger partial charge in [0.15, 0.2) is 0 Å². The predicted octanol–water partition coefficient (Wildman–Crippen LogP) is 7.07. The summed E-state index contributed by atoms with van der Waals surface area (Å²) < 4.78 is 20.8. The maximum atomic E-state index is 14.6. The molecule has 0 aliphatic carbocycles. The molecular weight excluding hydrogens is 457 g/mol. The first kappa shape index (κ1) is 19.9. The van der Waals surface area contributed by atoms with Crippen molar-refractivity contribution in [2.75, 3.05) is 4.90 Å². The Morgan fingerprint density at radius 1 is 1.14 bits per heavy atom. The molecule has 0 fully saturated rings. The minimum Gasteiger partial charge on any atom is -0.444 e. The lowest BCUT2D eigenvalue weighted by molar-refractivity contribution is 0.143. The van der Waals surface area contributed by atoms with Crippen LogP contribution in [0.4, 0.5) is 14.9 Å². The highest BCUT2D eigenvalue weighted by molar-refractivity contribution is 9.10. The van der Waals surface area contributed by atoms with Gasteiger partial charge in [-0.25, -0.2) is 9.18 Å². The summed E-state index contributed by atoms with van der Waals surface area (Å²) in [4.78, 5) is 14.7. The third-order valence-corrected chi connectivity index (χ3v) is 5.70. The maximum absolute atomic E-state index is 14.6. The number of fused-ring (bicyclic) bond motifs is 1. The van der Waals surface area contributed by atoms with Gasteiger partial charge in [-0.3, -0.25) is 4.90 Å². The number of anilines is 1. The van der Waals surface area contributed by atoms with E-state index in [0.29, 0.717) is 33.6 Å². The number of ether oxygens (including phenoxy) is 1. The fourth-order valence-corrected chi connectivity index (χ4v) is 4.29. The maximum Gasteiger partial charge on any atom is 0.415 e. The summed E-state index contributed by atoms with van der Waals surface area (Å²) in [7, 11) is 0. The zero-order valence-electron chi connectivity index (χ0n) is 15.4. The van der Waals surface area contributed by atoms with Crippen LogP contribution in [-0.4, -0.2) is 6.09 Å². The number of amides is 1. The molecule has 1 unspecified atom stereocenters. The Bertz CT molecular complexity index is 1040. The molecule has 1 aliphatic heterocycles. The van der Waals surface area contributed by atoms with Gasteiger partial charge in [0.1, 0.15) is 12.4 Å². The topological polar surface area (TPSA) is 29.5 Å². The molecule has 4 rings (SSSR count). The zero-order chi connectivity index (χ0) is 20.4. The Balaban J connectivity index is 1.71. The first-order chi connectivity index (χ1) is 14.0. The van der Waals surface area contributed by atoms with Crippen LogP contribution in [0, 0.1) is 5.82 Å². The van der Waals surface area contributed by atoms with Crippen molar-refractivity contribution in [3.05, 3.63) is 98.7 Å². The van der Waals surface area contributed by atoms with E-state index in [1.165, 1.54) is 6.07 Å². The fourth-order valence-electron chi connectivity index (χ4n) is 3.67. The fraction of sp³-hybridized carbons (Fsp3) is 0.174. The quantitative estimate of drug-likeness (QED) is 0.406. The molecule has 0 N–H and O–H groups in total. The van der Waals surface area contributed by atoms with E-state index in [0.717, 1.165) is 11.1 Å². The number of hydrogen-bond acceptors (Lipinski definition) is 2. The van der Waals surface area contributed by atoms with Crippen molar-refractivity contribution >= 4 is 39.3 Å². The predicted molar refractivity (Wildman–Crippen MR) is 116 cm³/mol. The van der Waals surface area contributed by atoms with Crippen LogP contribution in [0.25, 0.3) is 0 Å². The summed E-state index contributed by atoms with van der Waals surface area (Å²) in [5.74, 6) is -0.334. The van der Waals surface area contributed by atoms with Gasteiger partial charge in [-0.2, -0.15) is 0 Å². The van der Waals surface area contributed by atoms with E-state index in [9.17, 15) is 9.18 Å². The number of rotatable bonds is 3. The largest absolute Gasteiger partial charge is 0.444 e. The number of carbonyl (C=O) groups is 1. The minimum atomic E-state index is -0.516. The van der Waals surface area contributed by atoms with Crippen molar-refractivity contribution in [1.29, 1.82) is 0 Å². The van der Waals surface area contributed by atoms with Gasteiger partial charge in [-0.1, -0.05) is 70.0 Å². The molecule has 1 amide bonds. The van der Waals surface area contributed by atoms with Crippen LogP contribution in [0.2, 0.25) is 5.02 Å². The molecule has 3 nitrogen and oxygen atoms in total. The Labute approximate surface area is 182 Å². The summed E-state index contributed by atoms with van der Waals surface area (Å²) >= 11 is 9.52. The third kappa shape index (κ3) is 4.31. The second-order valence-electron chi connectivity index (χ2n) is 6.90. The van der Waals surface area contributed by atoms with Crippen molar-refractivity contribution in [2.24, 2.45) is 0 Å². The second-order valence-corrected chi connectivity index (χ2v) is 8.26. The molecule has 1 aliphatic rings. The first-order valence-electron chi connectivity index (χ1n) is 9.26. The van der Waals surface area contributed by atoms with Gasteiger partial charge >= 0.3 is 6.09 Å². The normalized spacial score (nSPS) is 15.7. The average molecular weight is 475 g/mol. The summed E-state index contributed by atoms with van der Waals surface area (Å²) in [6, 6.07) is 19.8. The van der Waals surface area contributed by atoms with Crippen LogP contribution in [-0.2, 0) is 17.8 Å². The molecule has 0 spiro atoms. The van der Waals surface area contributed by atoms with Crippen molar-refractivity contribution in [3.8, 4) is 0 Å². The van der Waals surface area contributed by atoms with Gasteiger partial charge in [0.05, 0.1) is 11.7 Å². The molecule has 1 atom stereocenters. The Morgan fingerprint density at radius 3 is 2.69 bits per heavy atom. The molecular formula is C23H18BrClFNO2. The van der Waals surface area contributed by atoms with Gasteiger partial charge in [-0.15, -0.1) is 0 Å². The number of halogens is 3. The van der Waals surface area contributed by atoms with Crippen LogP contribution in [0.3, 0.4) is 0 Å². The monoisotopic (exact) mass is 473 g/mol. The van der Waals surface area contributed by atoms with Crippen LogP contribution < -0.4 is 4.90 Å². The van der Waals surface area contributed by atoms with E-state index >= 15 is 0 Å². The Hall–Kier alpha value is -2.37. The van der Waals surface area contributed by atoms with E-state index in [4.69, 9.17) is 16.3 Å². The lowest BCUT2D eigenvalue weighted by Gasteiger charge is -2.37. The zero-order valence-corrected chi connectivity index (χ0v) is 17.8. The lowest BCUT2D eigenvalue weighted by Crippen LogP contribution is -2.39. The number of carbonyl (C=O) groups excluding carboxylic acids is 1. The van der Waals surface area contributed by atoms with E-state index in [1.807, 2.05) is 48.5 Å². The highest BCUT2D eigenvalue weighted by Gasteiger charge is 2.35. The third-order valence-electron chi connectivity index (χ3n) is 5.01. The van der Waals surface area contributed by atoms with E-state index in [-0.39, 0.29) is 18.5 Å². The highest BCUT2D eigenvalue weighted by Crippen LogP contribution is 2.42. The minimum absolute atomic E-state index is 0.143. The summed E-state index contributed by atoms with van der Waals surface area (Å²) in [5.41, 5.74) is 2.81. The van der Waals surface area contributed by atoms with Gasteiger partial charge < -0.3 is 4.74 Å². The number of nitrogens with zero attached hydrogens (tertiary/aromatic N) is 1. The van der Waals surface area contributed by atoms with Crippen molar-refractivity contribution in [2.45, 2.75) is 25.5 Å². The Kier molecular flexibility index (Phi) is 5.88. The van der Waals surface area contributed by atoms with E-state index < -0.39 is 6.09 Å². The molecule has 0 saturated carbocycles. The van der Waals surface area contributed by atoms with Crippen LogP contribution in [0.1, 0.15) is 29.2 Å². The summed E-state index contributed by atoms with van der Waals surface area (Å²) in [6.07, 6.45) is 0.581. The van der Waals surface area contributed by atoms with Crippen molar-refractivity contribution in [3.63, 3.8) is 0 Å². The van der Waals surface area contributed by atoms with Crippen molar-refractivity contribution < 1.29 is 13.9 Å². The lowest BCUT2D eigenvalue weighted by atomic mass is 9.91. The van der Waals surface area contributed by atoms with E-state index in [2.05, 4.69) is 15.9 Å². The average Bonchev–Trinajstić information content (AvgIpc) is 2.72. The highest BCUT2D eigenvalue weighted by atomic mass is 79.9. The molecule has 3 aromatic carbocycles. The Morgan fingerprint density at radius 2 is 1.93 bits per heavy atom. The van der Waals surface area contributed by atoms with Gasteiger partial charge in [0, 0.05) is 15.1 Å². The molecule has 0 aromatic heterocycles. The first-order valence-corrected chi connectivity index (χ1v) is 10.4. The molecule has 1 heterocycles. The molecule has 148 valence electrons. The summed E-state index contributed by atoms with van der Waals surface area (Å²) in [5, 5.41) is 0.589. The molecule has 3 aromatic rings. The van der Waals surface area contributed by atoms with Crippen molar-refractivity contribution in [1.82, 2.24) is 0 Å². The van der Waals surface area contributed by atoms with Gasteiger partial charge in [0.25, 0.3) is 0 Å². The smallest absolute Gasteiger partial charge is 0.415 e. The molecule has 6 heteroatoms. The number of benzene rings is 3. The standard InChI is InChI=1S/C23H18BrClFNO2/c24-17-12-20(26)19-9-10-21(16-7-4-8-18(25)11-16)27(22(19)13-17)23(28)29-14-15-5-2-1-3-6-15/h1-8,11-13,21H,9-10,14H2. The second kappa shape index (κ2) is 8.56. The van der Waals surface area contributed by atoms with E-state index in [1.54, 1.807) is 17.0 Å². The summed E-state index contributed by atoms with van der Waals surface area (Å²) in [6.45, 7) is 0.143. The van der Waals surface area contributed by atoms with Crippen LogP contribution in [0.15, 0.2) is 71.2 Å². The van der Waals surface area contributed by atoms with Crippen LogP contribution in [0.5, 0.6) is 0 Å². The SMILES string of the molecule is O=C(OCc1ccccc1)N1c2cc(Br)cc(F)c2CCC1c1cccc(Cl)c1. The molecule has 0 radical (unpaired) electrons.